The van der Waals surface area contributed by atoms with Gasteiger partial charge in [-0.25, -0.2) is 23.5 Å². The van der Waals surface area contributed by atoms with Crippen LogP contribution in [0.1, 0.15) is 5.56 Å². The minimum atomic E-state index is -3.79. The van der Waals surface area contributed by atoms with E-state index >= 15 is 0 Å². The third-order valence-corrected chi connectivity index (χ3v) is 6.29. The quantitative estimate of drug-likeness (QED) is 0.542. The summed E-state index contributed by atoms with van der Waals surface area (Å²) in [4.78, 5) is 10.7. The molecule has 0 saturated heterocycles. The number of primary sulfonamides is 1. The minimum Gasteiger partial charge on any atom is -0.340 e. The monoisotopic (exact) mass is 396 g/mol. The molecule has 0 atom stereocenters. The van der Waals surface area contributed by atoms with Crippen LogP contribution in [0.2, 0.25) is 0 Å². The summed E-state index contributed by atoms with van der Waals surface area (Å²) in [6.45, 7) is 1.71. The molecule has 27 heavy (non-hydrogen) atoms. The van der Waals surface area contributed by atoms with Crippen LogP contribution < -0.4 is 10.5 Å². The second-order valence-electron chi connectivity index (χ2n) is 6.07. The Kier molecular flexibility index (Phi) is 4.39. The average Bonchev–Trinajstić information content (AvgIpc) is 3.08. The summed E-state index contributed by atoms with van der Waals surface area (Å²) in [7, 11) is -3.79. The van der Waals surface area contributed by atoms with Crippen molar-refractivity contribution in [2.75, 3.05) is 5.32 Å². The molecule has 0 spiro atoms. The molecule has 4 rings (SSSR count). The Hall–Kier alpha value is -2.81. The Morgan fingerprint density at radius 1 is 1.04 bits per heavy atom. The van der Waals surface area contributed by atoms with Crippen LogP contribution in [0, 0.1) is 6.92 Å². The summed E-state index contributed by atoms with van der Waals surface area (Å²) in [5, 5.41) is 9.36. The van der Waals surface area contributed by atoms with Gasteiger partial charge in [-0.05, 0) is 36.2 Å². The van der Waals surface area contributed by atoms with Crippen LogP contribution in [-0.4, -0.2) is 18.4 Å². The number of thiophene rings is 1. The second kappa shape index (κ2) is 6.73. The normalized spacial score (nSPS) is 11.6. The molecule has 0 amide bonds. The number of nitrogens with one attached hydrogen (secondary N) is 1. The number of rotatable bonds is 4. The van der Waals surface area contributed by atoms with Crippen molar-refractivity contribution in [1.29, 1.82) is 0 Å². The van der Waals surface area contributed by atoms with Crippen LogP contribution in [0.4, 0.5) is 11.5 Å². The van der Waals surface area contributed by atoms with E-state index in [1.54, 1.807) is 30.4 Å². The van der Waals surface area contributed by atoms with Crippen molar-refractivity contribution >= 4 is 43.1 Å². The first-order valence-electron chi connectivity index (χ1n) is 8.12. The van der Waals surface area contributed by atoms with Gasteiger partial charge in [0.05, 0.1) is 10.3 Å². The van der Waals surface area contributed by atoms with Crippen molar-refractivity contribution in [3.05, 3.63) is 66.5 Å². The lowest BCUT2D eigenvalue weighted by Gasteiger charge is -2.09. The molecule has 0 aliphatic carbocycles. The number of hydrogen-bond acceptors (Lipinski definition) is 6. The molecule has 4 aromatic rings. The highest BCUT2D eigenvalue weighted by atomic mass is 32.2. The number of anilines is 2. The van der Waals surface area contributed by atoms with E-state index in [0.29, 0.717) is 17.1 Å². The van der Waals surface area contributed by atoms with Crippen molar-refractivity contribution in [1.82, 2.24) is 9.97 Å². The average molecular weight is 396 g/mol. The molecule has 0 radical (unpaired) electrons. The predicted molar refractivity (Wildman–Crippen MR) is 109 cm³/mol. The molecule has 0 aliphatic heterocycles. The van der Waals surface area contributed by atoms with Gasteiger partial charge in [0.25, 0.3) is 0 Å². The van der Waals surface area contributed by atoms with Crippen LogP contribution in [0.3, 0.4) is 0 Å². The molecule has 136 valence electrons. The van der Waals surface area contributed by atoms with E-state index in [0.717, 1.165) is 20.7 Å². The zero-order valence-corrected chi connectivity index (χ0v) is 16.0. The van der Waals surface area contributed by atoms with Gasteiger partial charge in [0.1, 0.15) is 17.0 Å². The predicted octanol–water partition coefficient (Wildman–Crippen LogP) is 4.06. The lowest BCUT2D eigenvalue weighted by molar-refractivity contribution is 0.597. The summed E-state index contributed by atoms with van der Waals surface area (Å²) < 4.78 is 23.5. The zero-order valence-electron chi connectivity index (χ0n) is 14.4. The lowest BCUT2D eigenvalue weighted by atomic mass is 10.2. The van der Waals surface area contributed by atoms with Gasteiger partial charge in [-0.3, -0.25) is 0 Å². The molecule has 2 heterocycles. The number of fused-ring (bicyclic) bond motifs is 1. The van der Waals surface area contributed by atoms with Gasteiger partial charge in [-0.15, -0.1) is 11.3 Å². The van der Waals surface area contributed by atoms with Crippen molar-refractivity contribution < 1.29 is 8.42 Å². The van der Waals surface area contributed by atoms with Crippen molar-refractivity contribution in [2.24, 2.45) is 5.14 Å². The van der Waals surface area contributed by atoms with Crippen LogP contribution in [0.25, 0.3) is 20.7 Å². The Morgan fingerprint density at radius 3 is 2.56 bits per heavy atom. The second-order valence-corrected chi connectivity index (χ2v) is 8.63. The Bertz CT molecular complexity index is 1240. The summed E-state index contributed by atoms with van der Waals surface area (Å²) >= 11 is 1.58. The van der Waals surface area contributed by atoms with E-state index in [-0.39, 0.29) is 4.90 Å². The topological polar surface area (TPSA) is 98.0 Å². The van der Waals surface area contributed by atoms with E-state index in [1.807, 2.05) is 36.4 Å². The fourth-order valence-electron chi connectivity index (χ4n) is 2.82. The molecule has 6 nitrogen and oxygen atoms in total. The largest absolute Gasteiger partial charge is 0.340 e. The standard InChI is InChI=1S/C19H16N4O2S2/c1-12-7-8-14(9-17(12)27(20,24)25)23-18-15-10-16(13-5-3-2-4-6-13)26-19(15)22-11-21-18/h2-11H,1H3,(H2,20,24,25)(H,21,22,23). The highest BCUT2D eigenvalue weighted by molar-refractivity contribution is 7.89. The Labute approximate surface area is 160 Å². The number of hydrogen-bond donors (Lipinski definition) is 2. The third kappa shape index (κ3) is 3.55. The fourth-order valence-corrected chi connectivity index (χ4v) is 4.63. The molecular formula is C19H16N4O2S2. The maximum Gasteiger partial charge on any atom is 0.238 e. The Balaban J connectivity index is 1.76. The number of benzene rings is 2. The van der Waals surface area contributed by atoms with Gasteiger partial charge in [0, 0.05) is 10.6 Å². The smallest absolute Gasteiger partial charge is 0.238 e. The SMILES string of the molecule is Cc1ccc(Nc2ncnc3sc(-c4ccccc4)cc23)cc1S(N)(=O)=O. The number of nitrogens with zero attached hydrogens (tertiary/aromatic N) is 2. The molecule has 0 bridgehead atoms. The molecule has 2 aromatic carbocycles. The van der Waals surface area contributed by atoms with Gasteiger partial charge >= 0.3 is 0 Å². The van der Waals surface area contributed by atoms with Gasteiger partial charge in [0.2, 0.25) is 10.0 Å². The molecule has 8 heteroatoms. The molecule has 0 unspecified atom stereocenters. The minimum absolute atomic E-state index is 0.0908. The summed E-state index contributed by atoms with van der Waals surface area (Å²) in [5.74, 6) is 0.614. The summed E-state index contributed by atoms with van der Waals surface area (Å²) in [6, 6.07) is 17.1. The van der Waals surface area contributed by atoms with Gasteiger partial charge in [-0.1, -0.05) is 36.4 Å². The third-order valence-electron chi connectivity index (χ3n) is 4.15. The van der Waals surface area contributed by atoms with E-state index < -0.39 is 10.0 Å². The van der Waals surface area contributed by atoms with Crippen LogP contribution in [0.5, 0.6) is 0 Å². The lowest BCUT2D eigenvalue weighted by Crippen LogP contribution is -2.14. The number of nitrogens with two attached hydrogens (primary N) is 1. The molecule has 0 saturated carbocycles. The first kappa shape index (κ1) is 17.6. The zero-order chi connectivity index (χ0) is 19.0. The van der Waals surface area contributed by atoms with E-state index in [2.05, 4.69) is 15.3 Å². The maximum absolute atomic E-state index is 11.8. The van der Waals surface area contributed by atoms with E-state index in [1.165, 1.54) is 12.4 Å². The number of aryl methyl sites for hydroxylation is 1. The first-order valence-corrected chi connectivity index (χ1v) is 10.5. The van der Waals surface area contributed by atoms with E-state index in [4.69, 9.17) is 5.14 Å². The van der Waals surface area contributed by atoms with E-state index in [9.17, 15) is 8.42 Å². The molecular weight excluding hydrogens is 380 g/mol. The van der Waals surface area contributed by atoms with Crippen molar-refractivity contribution in [2.45, 2.75) is 11.8 Å². The highest BCUT2D eigenvalue weighted by Gasteiger charge is 2.14. The molecule has 0 fully saturated rings. The Morgan fingerprint density at radius 2 is 1.81 bits per heavy atom. The first-order chi connectivity index (χ1) is 12.9. The number of sulfonamides is 1. The number of aromatic nitrogens is 2. The molecule has 0 aliphatic rings. The summed E-state index contributed by atoms with van der Waals surface area (Å²) in [6.07, 6.45) is 1.49. The van der Waals surface area contributed by atoms with Gasteiger partial charge in [-0.2, -0.15) is 0 Å². The van der Waals surface area contributed by atoms with Crippen molar-refractivity contribution in [3.63, 3.8) is 0 Å². The van der Waals surface area contributed by atoms with Gasteiger partial charge < -0.3 is 5.32 Å². The summed E-state index contributed by atoms with van der Waals surface area (Å²) in [5.41, 5.74) is 2.30. The van der Waals surface area contributed by atoms with Crippen LogP contribution >= 0.6 is 11.3 Å². The van der Waals surface area contributed by atoms with Crippen LogP contribution in [-0.2, 0) is 10.0 Å². The maximum atomic E-state index is 11.8. The fraction of sp³-hybridized carbons (Fsp3) is 0.0526. The van der Waals surface area contributed by atoms with Crippen LogP contribution in [0.15, 0.2) is 65.8 Å². The highest BCUT2D eigenvalue weighted by Crippen LogP contribution is 2.35. The molecule has 3 N–H and O–H groups in total. The van der Waals surface area contributed by atoms with Gasteiger partial charge in [0.15, 0.2) is 0 Å². The van der Waals surface area contributed by atoms with Crippen molar-refractivity contribution in [3.8, 4) is 10.4 Å². The molecule has 2 aromatic heterocycles.